The van der Waals surface area contributed by atoms with Crippen LogP contribution in [0.5, 0.6) is 11.5 Å². The van der Waals surface area contributed by atoms with Crippen LogP contribution in [0.3, 0.4) is 0 Å². The van der Waals surface area contributed by atoms with Gasteiger partial charge in [-0.3, -0.25) is 9.89 Å². The molecule has 184 valence electrons. The van der Waals surface area contributed by atoms with Gasteiger partial charge in [-0.2, -0.15) is 5.10 Å². The number of aromatic amines is 1. The highest BCUT2D eigenvalue weighted by Gasteiger charge is 2.29. The molecular formula is C29H30N4O3. The third-order valence-corrected chi connectivity index (χ3v) is 6.75. The Labute approximate surface area is 211 Å². The first-order valence-electron chi connectivity index (χ1n) is 11.9. The van der Waals surface area contributed by atoms with Crippen LogP contribution in [0.2, 0.25) is 0 Å². The van der Waals surface area contributed by atoms with E-state index in [2.05, 4.69) is 39.4 Å². The summed E-state index contributed by atoms with van der Waals surface area (Å²) in [6.45, 7) is 1.42. The van der Waals surface area contributed by atoms with Gasteiger partial charge in [-0.15, -0.1) is 0 Å². The summed E-state index contributed by atoms with van der Waals surface area (Å²) >= 11 is 0. The molecule has 1 heterocycles. The number of likely N-dealkylation sites (N-methyl/N-ethyl adjacent to an activating group) is 2. The van der Waals surface area contributed by atoms with Crippen molar-refractivity contribution in [2.24, 2.45) is 0 Å². The molecule has 1 amide bonds. The molecule has 0 aliphatic heterocycles. The number of methoxy groups -OCH3 is 1. The maximum Gasteiger partial charge on any atom is 0.257 e. The molecule has 0 atom stereocenters. The van der Waals surface area contributed by atoms with E-state index in [1.165, 1.54) is 0 Å². The van der Waals surface area contributed by atoms with E-state index < -0.39 is 0 Å². The monoisotopic (exact) mass is 482 g/mol. The lowest BCUT2D eigenvalue weighted by atomic mass is 10.0. The molecule has 4 aromatic rings. The zero-order valence-corrected chi connectivity index (χ0v) is 21.0. The van der Waals surface area contributed by atoms with E-state index in [1.54, 1.807) is 24.1 Å². The SMILES string of the molecule is COc1cc2c(cc1C(=O)N(C)CCN(C)C)-c1[nH]nc(-c3ccc(-c4ccc(O)cc4)cc3)c1C2. The molecule has 36 heavy (non-hydrogen) atoms. The summed E-state index contributed by atoms with van der Waals surface area (Å²) < 4.78 is 5.62. The maximum atomic E-state index is 13.2. The Balaban J connectivity index is 1.44. The average Bonchev–Trinajstić information content (AvgIpc) is 3.45. The summed E-state index contributed by atoms with van der Waals surface area (Å²) in [4.78, 5) is 17.0. The molecule has 0 unspecified atom stereocenters. The van der Waals surface area contributed by atoms with E-state index in [9.17, 15) is 9.90 Å². The van der Waals surface area contributed by atoms with Gasteiger partial charge >= 0.3 is 0 Å². The molecule has 0 spiro atoms. The molecule has 0 radical (unpaired) electrons. The molecule has 1 aromatic heterocycles. The van der Waals surface area contributed by atoms with Crippen molar-refractivity contribution >= 4 is 5.91 Å². The number of phenolic OH excluding ortho intramolecular Hbond substituents is 1. The number of amides is 1. The van der Waals surface area contributed by atoms with E-state index in [1.807, 2.05) is 45.4 Å². The van der Waals surface area contributed by atoms with Crippen LogP contribution in [0, 0.1) is 0 Å². The van der Waals surface area contributed by atoms with Gasteiger partial charge in [0.05, 0.1) is 24.1 Å². The Morgan fingerprint density at radius 1 is 0.972 bits per heavy atom. The quantitative estimate of drug-likeness (QED) is 0.353. The van der Waals surface area contributed by atoms with Gasteiger partial charge in [0, 0.05) is 43.2 Å². The number of nitrogens with one attached hydrogen (secondary N) is 1. The number of rotatable bonds is 7. The number of fused-ring (bicyclic) bond motifs is 3. The Bertz CT molecular complexity index is 1410. The Morgan fingerprint density at radius 3 is 2.25 bits per heavy atom. The number of aromatic hydroxyl groups is 1. The molecule has 2 N–H and O–H groups in total. The number of benzene rings is 3. The Morgan fingerprint density at radius 2 is 1.61 bits per heavy atom. The van der Waals surface area contributed by atoms with Crippen molar-refractivity contribution in [1.29, 1.82) is 0 Å². The smallest absolute Gasteiger partial charge is 0.257 e. The van der Waals surface area contributed by atoms with Crippen molar-refractivity contribution < 1.29 is 14.6 Å². The molecule has 5 rings (SSSR count). The number of ether oxygens (including phenoxy) is 1. The molecule has 1 aliphatic rings. The number of aromatic nitrogens is 2. The molecule has 3 aromatic carbocycles. The number of hydrogen-bond acceptors (Lipinski definition) is 5. The lowest BCUT2D eigenvalue weighted by Gasteiger charge is -2.21. The normalized spacial score (nSPS) is 11.9. The van der Waals surface area contributed by atoms with Crippen molar-refractivity contribution in [3.63, 3.8) is 0 Å². The van der Waals surface area contributed by atoms with Gasteiger partial charge < -0.3 is 19.6 Å². The second kappa shape index (κ2) is 9.51. The van der Waals surface area contributed by atoms with Crippen LogP contribution in [0.1, 0.15) is 21.5 Å². The summed E-state index contributed by atoms with van der Waals surface area (Å²) in [6, 6.07) is 19.4. The summed E-state index contributed by atoms with van der Waals surface area (Å²) in [5.74, 6) is 0.784. The number of carbonyl (C=O) groups is 1. The lowest BCUT2D eigenvalue weighted by molar-refractivity contribution is 0.0783. The molecule has 0 saturated carbocycles. The topological polar surface area (TPSA) is 81.7 Å². The maximum absolute atomic E-state index is 13.2. The van der Waals surface area contributed by atoms with Gasteiger partial charge in [-0.05, 0) is 55.1 Å². The van der Waals surface area contributed by atoms with Crippen LogP contribution in [-0.4, -0.2) is 72.4 Å². The van der Waals surface area contributed by atoms with Gasteiger partial charge in [-0.25, -0.2) is 0 Å². The predicted molar refractivity (Wildman–Crippen MR) is 141 cm³/mol. The van der Waals surface area contributed by atoms with E-state index >= 15 is 0 Å². The van der Waals surface area contributed by atoms with E-state index in [4.69, 9.17) is 4.74 Å². The minimum absolute atomic E-state index is 0.0606. The molecule has 7 heteroatoms. The third kappa shape index (κ3) is 4.33. The van der Waals surface area contributed by atoms with E-state index in [0.717, 1.165) is 57.7 Å². The summed E-state index contributed by atoms with van der Waals surface area (Å²) in [6.07, 6.45) is 0.720. The number of hydrogen-bond donors (Lipinski definition) is 2. The zero-order chi connectivity index (χ0) is 25.4. The minimum Gasteiger partial charge on any atom is -0.508 e. The largest absolute Gasteiger partial charge is 0.508 e. The number of carbonyl (C=O) groups excluding carboxylic acids is 1. The minimum atomic E-state index is -0.0606. The zero-order valence-electron chi connectivity index (χ0n) is 21.0. The van der Waals surface area contributed by atoms with E-state index in [-0.39, 0.29) is 11.7 Å². The first-order chi connectivity index (χ1) is 17.4. The van der Waals surface area contributed by atoms with Crippen molar-refractivity contribution in [3.05, 3.63) is 77.4 Å². The first-order valence-corrected chi connectivity index (χ1v) is 11.9. The van der Waals surface area contributed by atoms with Crippen LogP contribution in [0.15, 0.2) is 60.7 Å². The van der Waals surface area contributed by atoms with Crippen molar-refractivity contribution in [1.82, 2.24) is 20.0 Å². The molecule has 0 bridgehead atoms. The highest BCUT2D eigenvalue weighted by Crippen LogP contribution is 2.43. The molecule has 0 saturated heterocycles. The van der Waals surface area contributed by atoms with Gasteiger partial charge in [0.1, 0.15) is 11.5 Å². The Hall–Kier alpha value is -4.10. The Kier molecular flexibility index (Phi) is 6.24. The predicted octanol–water partition coefficient (Wildman–Crippen LogP) is 4.66. The standard InChI is InChI=1S/C29H30N4O3/c1-32(2)13-14-33(3)29(35)24-17-23-21(16-26(24)36-4)15-25-27(30-31-28(23)25)20-7-5-18(6-8-20)19-9-11-22(34)12-10-19/h5-12,16-17,34H,13-15H2,1-4H3,(H,30,31). The number of phenols is 1. The van der Waals surface area contributed by atoms with E-state index in [0.29, 0.717) is 17.9 Å². The van der Waals surface area contributed by atoms with Gasteiger partial charge in [0.25, 0.3) is 5.91 Å². The van der Waals surface area contributed by atoms with Crippen molar-refractivity contribution in [2.75, 3.05) is 41.3 Å². The van der Waals surface area contributed by atoms with Crippen LogP contribution in [-0.2, 0) is 6.42 Å². The highest BCUT2D eigenvalue weighted by atomic mass is 16.5. The second-order valence-electron chi connectivity index (χ2n) is 9.47. The third-order valence-electron chi connectivity index (χ3n) is 6.75. The number of nitrogens with zero attached hydrogens (tertiary/aromatic N) is 3. The van der Waals surface area contributed by atoms with Crippen LogP contribution < -0.4 is 4.74 Å². The van der Waals surface area contributed by atoms with Crippen LogP contribution in [0.25, 0.3) is 33.6 Å². The second-order valence-corrected chi connectivity index (χ2v) is 9.47. The highest BCUT2D eigenvalue weighted by molar-refractivity contribution is 5.99. The van der Waals surface area contributed by atoms with Gasteiger partial charge in [0.15, 0.2) is 0 Å². The fraction of sp³-hybridized carbons (Fsp3) is 0.241. The fourth-order valence-electron chi connectivity index (χ4n) is 4.66. The van der Waals surface area contributed by atoms with Crippen LogP contribution >= 0.6 is 0 Å². The molecule has 0 fully saturated rings. The van der Waals surface area contributed by atoms with Gasteiger partial charge in [0.2, 0.25) is 0 Å². The first kappa shape index (κ1) is 23.6. The molecular weight excluding hydrogens is 452 g/mol. The van der Waals surface area contributed by atoms with Crippen molar-refractivity contribution in [2.45, 2.75) is 6.42 Å². The number of H-pyrrole nitrogens is 1. The summed E-state index contributed by atoms with van der Waals surface area (Å²) in [5.41, 5.74) is 8.78. The molecule has 1 aliphatic carbocycles. The lowest BCUT2D eigenvalue weighted by Crippen LogP contribution is -2.33. The average molecular weight is 483 g/mol. The molecule has 7 nitrogen and oxygen atoms in total. The van der Waals surface area contributed by atoms with Gasteiger partial charge in [-0.1, -0.05) is 36.4 Å². The van der Waals surface area contributed by atoms with Crippen LogP contribution in [0.4, 0.5) is 0 Å². The summed E-state index contributed by atoms with van der Waals surface area (Å²) in [7, 11) is 7.41. The summed E-state index contributed by atoms with van der Waals surface area (Å²) in [5, 5.41) is 17.4. The fourth-order valence-corrected chi connectivity index (χ4v) is 4.66. The van der Waals surface area contributed by atoms with Crippen molar-refractivity contribution in [3.8, 4) is 45.1 Å².